The first-order valence-electron chi connectivity index (χ1n) is 6.37. The fourth-order valence-corrected chi connectivity index (χ4v) is 2.37. The molecule has 2 N–H and O–H groups in total. The Morgan fingerprint density at radius 2 is 2.31 bits per heavy atom. The zero-order valence-corrected chi connectivity index (χ0v) is 10.4. The number of hydrogen-bond acceptors (Lipinski definition) is 2. The normalized spacial score (nSPS) is 35.2. The molecule has 0 aromatic heterocycles. The zero-order chi connectivity index (χ0) is 11.5. The second-order valence-electron chi connectivity index (χ2n) is 4.99. The van der Waals surface area contributed by atoms with E-state index in [0.29, 0.717) is 5.96 Å². The van der Waals surface area contributed by atoms with Crippen LogP contribution >= 0.6 is 0 Å². The van der Waals surface area contributed by atoms with Crippen LogP contribution in [-0.4, -0.2) is 43.2 Å². The van der Waals surface area contributed by atoms with Gasteiger partial charge in [-0.15, -0.1) is 0 Å². The highest BCUT2D eigenvalue weighted by atomic mass is 16.5. The quantitative estimate of drug-likeness (QED) is 0.577. The van der Waals surface area contributed by atoms with Crippen LogP contribution in [0.5, 0.6) is 0 Å². The van der Waals surface area contributed by atoms with Crippen molar-refractivity contribution in [2.24, 2.45) is 22.6 Å². The molecule has 0 amide bonds. The second kappa shape index (κ2) is 5.04. The summed E-state index contributed by atoms with van der Waals surface area (Å²) in [7, 11) is 0. The molecule has 1 heterocycles. The molecule has 92 valence electrons. The zero-order valence-electron chi connectivity index (χ0n) is 10.4. The van der Waals surface area contributed by atoms with Crippen LogP contribution in [0.15, 0.2) is 4.99 Å². The summed E-state index contributed by atoms with van der Waals surface area (Å²) in [5.41, 5.74) is 5.99. The Kier molecular flexibility index (Phi) is 3.69. The molecule has 1 aliphatic carbocycles. The monoisotopic (exact) mass is 225 g/mol. The van der Waals surface area contributed by atoms with E-state index < -0.39 is 0 Å². The molecule has 0 aromatic rings. The van der Waals surface area contributed by atoms with Crippen LogP contribution in [0.1, 0.15) is 26.7 Å². The lowest BCUT2D eigenvalue weighted by Gasteiger charge is -2.31. The van der Waals surface area contributed by atoms with Gasteiger partial charge in [-0.25, -0.2) is 0 Å². The van der Waals surface area contributed by atoms with E-state index >= 15 is 0 Å². The highest BCUT2D eigenvalue weighted by Gasteiger charge is 2.34. The van der Waals surface area contributed by atoms with Crippen molar-refractivity contribution in [1.29, 1.82) is 0 Å². The Balaban J connectivity index is 1.77. The molecule has 16 heavy (non-hydrogen) atoms. The van der Waals surface area contributed by atoms with Crippen LogP contribution < -0.4 is 5.73 Å². The van der Waals surface area contributed by atoms with E-state index in [4.69, 9.17) is 10.5 Å². The lowest BCUT2D eigenvalue weighted by atomic mass is 10.2. The number of nitrogens with two attached hydrogens (primary N) is 1. The minimum absolute atomic E-state index is 0.270. The maximum atomic E-state index is 5.99. The third-order valence-electron chi connectivity index (χ3n) is 3.65. The number of guanidine groups is 1. The van der Waals surface area contributed by atoms with E-state index in [1.165, 1.54) is 12.8 Å². The third-order valence-corrected chi connectivity index (χ3v) is 3.65. The van der Waals surface area contributed by atoms with Gasteiger partial charge >= 0.3 is 0 Å². The Morgan fingerprint density at radius 1 is 1.50 bits per heavy atom. The van der Waals surface area contributed by atoms with Crippen molar-refractivity contribution in [3.05, 3.63) is 0 Å². The number of hydrogen-bond donors (Lipinski definition) is 1. The molecule has 3 atom stereocenters. The van der Waals surface area contributed by atoms with E-state index in [1.807, 2.05) is 0 Å². The highest BCUT2D eigenvalue weighted by molar-refractivity contribution is 5.78. The summed E-state index contributed by atoms with van der Waals surface area (Å²) in [5, 5.41) is 0. The summed E-state index contributed by atoms with van der Waals surface area (Å²) in [6.45, 7) is 7.75. The van der Waals surface area contributed by atoms with Crippen molar-refractivity contribution in [2.45, 2.75) is 32.8 Å². The first-order chi connectivity index (χ1) is 7.70. The van der Waals surface area contributed by atoms with Gasteiger partial charge in [-0.3, -0.25) is 4.99 Å². The molecule has 2 rings (SSSR count). The van der Waals surface area contributed by atoms with Gasteiger partial charge in [-0.05, 0) is 25.2 Å². The fourth-order valence-electron chi connectivity index (χ4n) is 2.37. The highest BCUT2D eigenvalue weighted by Crippen LogP contribution is 2.40. The predicted octanol–water partition coefficient (Wildman–Crippen LogP) is 1.07. The molecule has 0 spiro atoms. The number of morpholine rings is 1. The molecule has 1 unspecified atom stereocenters. The van der Waals surface area contributed by atoms with Gasteiger partial charge in [0, 0.05) is 19.6 Å². The lowest BCUT2D eigenvalue weighted by molar-refractivity contribution is 0.00529. The molecule has 0 aromatic carbocycles. The van der Waals surface area contributed by atoms with Gasteiger partial charge in [0.15, 0.2) is 5.96 Å². The van der Waals surface area contributed by atoms with Crippen LogP contribution in [0.3, 0.4) is 0 Å². The summed E-state index contributed by atoms with van der Waals surface area (Å²) >= 11 is 0. The minimum atomic E-state index is 0.270. The van der Waals surface area contributed by atoms with Crippen molar-refractivity contribution in [1.82, 2.24) is 4.90 Å². The lowest BCUT2D eigenvalue weighted by Crippen LogP contribution is -2.48. The number of rotatable bonds is 3. The van der Waals surface area contributed by atoms with Gasteiger partial charge in [-0.1, -0.05) is 13.3 Å². The van der Waals surface area contributed by atoms with E-state index in [0.717, 1.165) is 38.1 Å². The Hall–Kier alpha value is -0.770. The van der Waals surface area contributed by atoms with Crippen molar-refractivity contribution in [3.63, 3.8) is 0 Å². The first kappa shape index (κ1) is 11.7. The average molecular weight is 225 g/mol. The molecule has 0 bridgehead atoms. The van der Waals surface area contributed by atoms with Crippen molar-refractivity contribution < 1.29 is 4.74 Å². The summed E-state index contributed by atoms with van der Waals surface area (Å²) in [4.78, 5) is 6.64. The number of ether oxygens (including phenoxy) is 1. The average Bonchev–Trinajstić information content (AvgIpc) is 3.04. The molecule has 2 aliphatic rings. The summed E-state index contributed by atoms with van der Waals surface area (Å²) in [5.74, 6) is 2.40. The maximum absolute atomic E-state index is 5.99. The standard InChI is InChI=1S/C12H23N3O/c1-3-10-6-11(10)7-14-12(13)15-4-5-16-9(2)8-15/h9-11H,3-8H2,1-2H3,(H2,13,14)/t9?,10-,11+/m1/s1. The molecule has 1 aliphatic heterocycles. The predicted molar refractivity (Wildman–Crippen MR) is 65.4 cm³/mol. The van der Waals surface area contributed by atoms with Gasteiger partial charge in [0.2, 0.25) is 0 Å². The summed E-state index contributed by atoms with van der Waals surface area (Å²) in [6.07, 6.45) is 2.90. The Labute approximate surface area is 97.9 Å². The third kappa shape index (κ3) is 2.88. The van der Waals surface area contributed by atoms with Crippen LogP contribution in [0, 0.1) is 11.8 Å². The minimum Gasteiger partial charge on any atom is -0.375 e. The SMILES string of the molecule is CC[C@@H]1C[C@H]1CN=C(N)N1CCOC(C)C1. The molecule has 1 saturated heterocycles. The van der Waals surface area contributed by atoms with Gasteiger partial charge in [0.05, 0.1) is 12.7 Å². The van der Waals surface area contributed by atoms with Gasteiger partial charge in [0.1, 0.15) is 0 Å². The smallest absolute Gasteiger partial charge is 0.191 e. The molecule has 2 fully saturated rings. The van der Waals surface area contributed by atoms with Crippen molar-refractivity contribution >= 4 is 5.96 Å². The van der Waals surface area contributed by atoms with Crippen molar-refractivity contribution in [3.8, 4) is 0 Å². The molecule has 1 saturated carbocycles. The van der Waals surface area contributed by atoms with E-state index in [-0.39, 0.29) is 6.10 Å². The van der Waals surface area contributed by atoms with Crippen LogP contribution in [0.2, 0.25) is 0 Å². The molecule has 4 nitrogen and oxygen atoms in total. The van der Waals surface area contributed by atoms with E-state index in [2.05, 4.69) is 23.7 Å². The number of nitrogens with zero attached hydrogens (tertiary/aromatic N) is 2. The van der Waals surface area contributed by atoms with Crippen LogP contribution in [0.25, 0.3) is 0 Å². The maximum Gasteiger partial charge on any atom is 0.191 e. The summed E-state index contributed by atoms with van der Waals surface area (Å²) < 4.78 is 5.48. The molecular weight excluding hydrogens is 202 g/mol. The largest absolute Gasteiger partial charge is 0.375 e. The Bertz CT molecular complexity index is 267. The van der Waals surface area contributed by atoms with Crippen LogP contribution in [0.4, 0.5) is 0 Å². The molecular formula is C12H23N3O. The summed E-state index contributed by atoms with van der Waals surface area (Å²) in [6, 6.07) is 0. The van der Waals surface area contributed by atoms with Crippen LogP contribution in [-0.2, 0) is 4.74 Å². The Morgan fingerprint density at radius 3 is 2.94 bits per heavy atom. The van der Waals surface area contributed by atoms with E-state index in [9.17, 15) is 0 Å². The molecule has 0 radical (unpaired) electrons. The molecule has 4 heteroatoms. The topological polar surface area (TPSA) is 50.8 Å². The number of aliphatic imine (C=N–C) groups is 1. The van der Waals surface area contributed by atoms with Gasteiger partial charge in [0.25, 0.3) is 0 Å². The van der Waals surface area contributed by atoms with Crippen molar-refractivity contribution in [2.75, 3.05) is 26.2 Å². The fraction of sp³-hybridized carbons (Fsp3) is 0.917. The van der Waals surface area contributed by atoms with Gasteiger partial charge in [-0.2, -0.15) is 0 Å². The first-order valence-corrected chi connectivity index (χ1v) is 6.37. The van der Waals surface area contributed by atoms with Gasteiger partial charge < -0.3 is 15.4 Å². The second-order valence-corrected chi connectivity index (χ2v) is 4.99. The van der Waals surface area contributed by atoms with E-state index in [1.54, 1.807) is 0 Å².